The summed E-state index contributed by atoms with van der Waals surface area (Å²) in [5.74, 6) is 0.131. The van der Waals surface area contributed by atoms with E-state index in [0.29, 0.717) is 6.61 Å². The number of hydrogen-bond acceptors (Lipinski definition) is 5. The molecular formula is C22H28N2O3. The van der Waals surface area contributed by atoms with Crippen LogP contribution in [0.15, 0.2) is 54.7 Å². The number of methoxy groups -OCH3 is 1. The van der Waals surface area contributed by atoms with E-state index < -0.39 is 5.60 Å². The molecule has 4 rings (SSSR count). The lowest BCUT2D eigenvalue weighted by molar-refractivity contribution is -0.173. The molecular weight excluding hydrogens is 340 g/mol. The minimum Gasteiger partial charge on any atom is -0.385 e. The van der Waals surface area contributed by atoms with Crippen LogP contribution in [0.3, 0.4) is 0 Å². The summed E-state index contributed by atoms with van der Waals surface area (Å²) >= 11 is 0. The highest BCUT2D eigenvalue weighted by Crippen LogP contribution is 2.48. The number of aromatic nitrogens is 1. The van der Waals surface area contributed by atoms with Gasteiger partial charge in [0.25, 0.3) is 0 Å². The number of rotatable bonds is 5. The number of fused-ring (bicyclic) bond motifs is 1. The van der Waals surface area contributed by atoms with Crippen molar-refractivity contribution < 1.29 is 14.6 Å². The molecule has 2 aliphatic rings. The van der Waals surface area contributed by atoms with Crippen molar-refractivity contribution in [3.05, 3.63) is 66.0 Å². The lowest BCUT2D eigenvalue weighted by atomic mass is 9.81. The maximum atomic E-state index is 11.6. The van der Waals surface area contributed by atoms with Crippen LogP contribution in [0.4, 0.5) is 0 Å². The molecule has 1 saturated carbocycles. The topological polar surface area (TPSA) is 54.8 Å². The minimum absolute atomic E-state index is 0.0141. The number of likely N-dealkylation sites (N-methyl/N-ethyl adjacent to an activating group) is 1. The number of benzene rings is 1. The molecule has 0 bridgehead atoms. The summed E-state index contributed by atoms with van der Waals surface area (Å²) in [7, 11) is 3.81. The Morgan fingerprint density at radius 2 is 1.96 bits per heavy atom. The van der Waals surface area contributed by atoms with E-state index in [1.165, 1.54) is 5.56 Å². The molecule has 5 atom stereocenters. The molecule has 1 aromatic carbocycles. The predicted octanol–water partition coefficient (Wildman–Crippen LogP) is 2.81. The van der Waals surface area contributed by atoms with E-state index in [4.69, 9.17) is 9.47 Å². The summed E-state index contributed by atoms with van der Waals surface area (Å²) in [6.45, 7) is 1.08. The first-order chi connectivity index (χ1) is 13.1. The van der Waals surface area contributed by atoms with Gasteiger partial charge in [0.1, 0.15) is 5.60 Å². The van der Waals surface area contributed by atoms with Crippen LogP contribution in [0.2, 0.25) is 0 Å². The van der Waals surface area contributed by atoms with Crippen LogP contribution in [0.25, 0.3) is 0 Å². The van der Waals surface area contributed by atoms with E-state index in [0.717, 1.165) is 25.1 Å². The molecule has 2 aromatic rings. The minimum atomic E-state index is -0.907. The largest absolute Gasteiger partial charge is 0.385 e. The number of hydrogen-bond donors (Lipinski definition) is 1. The van der Waals surface area contributed by atoms with Gasteiger partial charge in [-0.1, -0.05) is 36.4 Å². The summed E-state index contributed by atoms with van der Waals surface area (Å²) < 4.78 is 11.9. The molecule has 5 nitrogen and oxygen atoms in total. The van der Waals surface area contributed by atoms with Gasteiger partial charge in [0, 0.05) is 19.9 Å². The van der Waals surface area contributed by atoms with Crippen molar-refractivity contribution in [2.24, 2.45) is 5.92 Å². The Morgan fingerprint density at radius 1 is 1.19 bits per heavy atom. The molecule has 2 heterocycles. The number of pyridine rings is 1. The molecule has 2 fully saturated rings. The van der Waals surface area contributed by atoms with Gasteiger partial charge in [-0.2, -0.15) is 0 Å². The van der Waals surface area contributed by atoms with Gasteiger partial charge in [0.2, 0.25) is 0 Å². The zero-order valence-corrected chi connectivity index (χ0v) is 16.0. The summed E-state index contributed by atoms with van der Waals surface area (Å²) in [4.78, 5) is 6.66. The van der Waals surface area contributed by atoms with Crippen molar-refractivity contribution >= 4 is 0 Å². The third-order valence-corrected chi connectivity index (χ3v) is 6.17. The van der Waals surface area contributed by atoms with Gasteiger partial charge in [0.15, 0.2) is 0 Å². The van der Waals surface area contributed by atoms with Crippen molar-refractivity contribution in [1.29, 1.82) is 0 Å². The Balaban J connectivity index is 1.53. The van der Waals surface area contributed by atoms with E-state index in [1.807, 2.05) is 36.4 Å². The van der Waals surface area contributed by atoms with E-state index in [2.05, 4.69) is 29.1 Å². The van der Waals surface area contributed by atoms with E-state index in [-0.39, 0.29) is 24.2 Å². The van der Waals surface area contributed by atoms with Gasteiger partial charge >= 0.3 is 0 Å². The third kappa shape index (κ3) is 3.52. The quantitative estimate of drug-likeness (QED) is 0.880. The van der Waals surface area contributed by atoms with Crippen molar-refractivity contribution in [3.8, 4) is 0 Å². The Kier molecular flexibility index (Phi) is 5.28. The summed E-state index contributed by atoms with van der Waals surface area (Å²) in [6.07, 6.45) is 3.32. The van der Waals surface area contributed by atoms with E-state index >= 15 is 0 Å². The first kappa shape index (κ1) is 18.6. The molecule has 1 aliphatic carbocycles. The summed E-state index contributed by atoms with van der Waals surface area (Å²) in [5, 5.41) is 11.6. The van der Waals surface area contributed by atoms with Crippen LogP contribution in [-0.2, 0) is 16.0 Å². The van der Waals surface area contributed by atoms with Crippen molar-refractivity contribution in [3.63, 3.8) is 0 Å². The van der Waals surface area contributed by atoms with E-state index in [9.17, 15) is 5.11 Å². The highest BCUT2D eigenvalue weighted by Gasteiger charge is 2.58. The molecule has 5 heteroatoms. The Morgan fingerprint density at radius 3 is 2.67 bits per heavy atom. The van der Waals surface area contributed by atoms with Gasteiger partial charge in [-0.25, -0.2) is 0 Å². The Bertz CT molecular complexity index is 742. The lowest BCUT2D eigenvalue weighted by Gasteiger charge is -2.44. The van der Waals surface area contributed by atoms with Gasteiger partial charge in [-0.15, -0.1) is 0 Å². The average Bonchev–Trinajstić information content (AvgIpc) is 3.01. The van der Waals surface area contributed by atoms with Gasteiger partial charge < -0.3 is 14.6 Å². The molecule has 1 aliphatic heterocycles. The lowest BCUT2D eigenvalue weighted by Crippen LogP contribution is -2.58. The fourth-order valence-electron chi connectivity index (χ4n) is 4.87. The molecule has 1 saturated heterocycles. The smallest absolute Gasteiger partial charge is 0.109 e. The molecule has 1 N–H and O–H groups in total. The van der Waals surface area contributed by atoms with E-state index in [1.54, 1.807) is 13.3 Å². The van der Waals surface area contributed by atoms with Crippen LogP contribution in [0.5, 0.6) is 0 Å². The molecule has 27 heavy (non-hydrogen) atoms. The maximum absolute atomic E-state index is 11.6. The molecule has 1 aromatic heterocycles. The number of ether oxygens (including phenoxy) is 2. The zero-order valence-electron chi connectivity index (χ0n) is 16.0. The molecule has 0 spiro atoms. The van der Waals surface area contributed by atoms with Crippen molar-refractivity contribution in [1.82, 2.24) is 9.88 Å². The van der Waals surface area contributed by atoms with Crippen LogP contribution < -0.4 is 0 Å². The summed E-state index contributed by atoms with van der Waals surface area (Å²) in [5.41, 5.74) is 1.26. The maximum Gasteiger partial charge on any atom is 0.109 e. The third-order valence-electron chi connectivity index (χ3n) is 6.17. The van der Waals surface area contributed by atoms with Crippen LogP contribution in [0.1, 0.15) is 30.2 Å². The zero-order chi connectivity index (χ0) is 18.9. The van der Waals surface area contributed by atoms with Gasteiger partial charge in [0.05, 0.1) is 30.6 Å². The van der Waals surface area contributed by atoms with Crippen LogP contribution in [0, 0.1) is 5.92 Å². The van der Waals surface area contributed by atoms with Crippen molar-refractivity contribution in [2.45, 2.75) is 43.2 Å². The second-order valence-corrected chi connectivity index (χ2v) is 7.83. The number of nitrogens with zero attached hydrogens (tertiary/aromatic N) is 2. The van der Waals surface area contributed by atoms with Gasteiger partial charge in [-0.3, -0.25) is 9.88 Å². The second-order valence-electron chi connectivity index (χ2n) is 7.83. The van der Waals surface area contributed by atoms with Crippen molar-refractivity contribution in [2.75, 3.05) is 20.8 Å². The summed E-state index contributed by atoms with van der Waals surface area (Å²) in [6, 6.07) is 16.1. The first-order valence-electron chi connectivity index (χ1n) is 9.63. The highest BCUT2D eigenvalue weighted by atomic mass is 16.5. The monoisotopic (exact) mass is 368 g/mol. The van der Waals surface area contributed by atoms with Gasteiger partial charge in [-0.05, 0) is 43.5 Å². The standard InChI is InChI=1S/C22H28N2O3/c1-24(14-16-8-4-3-5-9-16)21-20(26-2)13-17-12-19(27-15-22(17,21)25)18-10-6-7-11-23-18/h3-11,17,19-21,25H,12-15H2,1-2H3/t17-,19+,20-,21+,22+/m0/s1. The SMILES string of the molecule is CO[C@H]1C[C@@H]2C[C@H](c3ccccn3)OC[C@]2(O)[C@@H]1N(C)Cc1ccccc1. The Labute approximate surface area is 160 Å². The molecule has 144 valence electrons. The van der Waals surface area contributed by atoms with Crippen LogP contribution in [-0.4, -0.2) is 53.5 Å². The molecule has 0 radical (unpaired) electrons. The second kappa shape index (κ2) is 7.68. The first-order valence-corrected chi connectivity index (χ1v) is 9.63. The molecule has 0 amide bonds. The molecule has 0 unspecified atom stereocenters. The normalized spacial score (nSPS) is 33.2. The highest BCUT2D eigenvalue weighted by molar-refractivity contribution is 5.18. The Hall–Kier alpha value is -1.79. The fourth-order valence-corrected chi connectivity index (χ4v) is 4.87. The average molecular weight is 368 g/mol. The predicted molar refractivity (Wildman–Crippen MR) is 103 cm³/mol. The van der Waals surface area contributed by atoms with Crippen LogP contribution >= 0.6 is 0 Å². The number of aliphatic hydroxyl groups is 1. The fraction of sp³-hybridized carbons (Fsp3) is 0.500.